The smallest absolute Gasteiger partial charge is 0.330 e. The first-order chi connectivity index (χ1) is 14.3. The highest BCUT2D eigenvalue weighted by Crippen LogP contribution is 2.25. The number of methoxy groups -OCH3 is 1. The molecule has 0 saturated carbocycles. The molecule has 0 aliphatic carbocycles. The first-order valence-corrected chi connectivity index (χ1v) is 11.2. The van der Waals surface area contributed by atoms with Gasteiger partial charge < -0.3 is 9.57 Å². The standard InChI is InChI=1S/C19H27N3O8S/c1-19(2,3)18(24)30-21-11-9-13(10-12-21)16(17(23)29-4)20-31(27,28)15-7-5-14(6-8-15)22(25)26/h5-8,13,16,20H,9-12H2,1-4H3. The lowest BCUT2D eigenvalue weighted by Gasteiger charge is -2.34. The number of ether oxygens (including phenoxy) is 1. The van der Waals surface area contributed by atoms with Gasteiger partial charge in [-0.1, -0.05) is 0 Å². The highest BCUT2D eigenvalue weighted by molar-refractivity contribution is 7.89. The van der Waals surface area contributed by atoms with Crippen molar-refractivity contribution >= 4 is 27.6 Å². The Morgan fingerprint density at radius 3 is 2.19 bits per heavy atom. The van der Waals surface area contributed by atoms with E-state index in [1.165, 1.54) is 5.06 Å². The second-order valence-corrected chi connectivity index (χ2v) is 9.98. The molecule has 12 heteroatoms. The summed E-state index contributed by atoms with van der Waals surface area (Å²) in [5.41, 5.74) is -0.910. The van der Waals surface area contributed by atoms with Gasteiger partial charge in [-0.05, 0) is 51.7 Å². The van der Waals surface area contributed by atoms with E-state index in [0.29, 0.717) is 25.9 Å². The summed E-state index contributed by atoms with van der Waals surface area (Å²) in [6.07, 6.45) is 0.778. The van der Waals surface area contributed by atoms with Gasteiger partial charge in [0.2, 0.25) is 10.0 Å². The van der Waals surface area contributed by atoms with Crippen LogP contribution in [0.25, 0.3) is 0 Å². The van der Waals surface area contributed by atoms with E-state index in [2.05, 4.69) is 4.72 Å². The molecule has 0 radical (unpaired) electrons. The van der Waals surface area contributed by atoms with Gasteiger partial charge >= 0.3 is 11.9 Å². The Balaban J connectivity index is 2.10. The molecule has 2 rings (SSSR count). The van der Waals surface area contributed by atoms with Crippen molar-refractivity contribution in [3.8, 4) is 0 Å². The summed E-state index contributed by atoms with van der Waals surface area (Å²) in [6.45, 7) is 5.88. The maximum absolute atomic E-state index is 12.7. The third-order valence-electron chi connectivity index (χ3n) is 4.89. The summed E-state index contributed by atoms with van der Waals surface area (Å²) in [5.74, 6) is -1.50. The van der Waals surface area contributed by atoms with Crippen LogP contribution in [-0.2, 0) is 29.2 Å². The lowest BCUT2D eigenvalue weighted by Crippen LogP contribution is -2.50. The number of sulfonamides is 1. The Labute approximate surface area is 180 Å². The number of nitrogens with one attached hydrogen (secondary N) is 1. The van der Waals surface area contributed by atoms with Gasteiger partial charge in [-0.3, -0.25) is 14.9 Å². The normalized spacial score (nSPS) is 17.0. The molecule has 1 atom stereocenters. The second kappa shape index (κ2) is 9.71. The highest BCUT2D eigenvalue weighted by Gasteiger charge is 2.37. The van der Waals surface area contributed by atoms with Gasteiger partial charge in [-0.25, -0.2) is 13.2 Å². The van der Waals surface area contributed by atoms with E-state index >= 15 is 0 Å². The molecule has 1 aliphatic rings. The molecule has 1 heterocycles. The number of hydrogen-bond acceptors (Lipinski definition) is 9. The van der Waals surface area contributed by atoms with E-state index in [1.54, 1.807) is 20.8 Å². The molecule has 0 spiro atoms. The summed E-state index contributed by atoms with van der Waals surface area (Å²) in [6, 6.07) is 3.20. The van der Waals surface area contributed by atoms with E-state index in [1.807, 2.05) is 0 Å². The zero-order chi connectivity index (χ0) is 23.4. The van der Waals surface area contributed by atoms with Crippen LogP contribution in [0.3, 0.4) is 0 Å². The molecule has 1 aliphatic heterocycles. The van der Waals surface area contributed by atoms with Crippen LogP contribution in [0.15, 0.2) is 29.2 Å². The maximum atomic E-state index is 12.7. The van der Waals surface area contributed by atoms with Crippen LogP contribution >= 0.6 is 0 Å². The van der Waals surface area contributed by atoms with Gasteiger partial charge in [0.05, 0.1) is 22.3 Å². The number of rotatable bonds is 7. The zero-order valence-corrected chi connectivity index (χ0v) is 18.7. The molecule has 1 aromatic carbocycles. The van der Waals surface area contributed by atoms with Crippen molar-refractivity contribution in [3.05, 3.63) is 34.4 Å². The fourth-order valence-corrected chi connectivity index (χ4v) is 4.25. The number of nitro groups is 1. The van der Waals surface area contributed by atoms with Crippen LogP contribution < -0.4 is 4.72 Å². The lowest BCUT2D eigenvalue weighted by molar-refractivity contribution is -0.384. The van der Waals surface area contributed by atoms with Crippen molar-refractivity contribution in [1.82, 2.24) is 9.79 Å². The molecule has 0 amide bonds. The molecule has 11 nitrogen and oxygen atoms in total. The van der Waals surface area contributed by atoms with Crippen LogP contribution in [0.2, 0.25) is 0 Å². The molecule has 1 N–H and O–H groups in total. The van der Waals surface area contributed by atoms with E-state index < -0.39 is 32.4 Å². The summed E-state index contributed by atoms with van der Waals surface area (Å²) < 4.78 is 32.6. The van der Waals surface area contributed by atoms with E-state index in [9.17, 15) is 28.1 Å². The van der Waals surface area contributed by atoms with Gasteiger partial charge in [0, 0.05) is 25.2 Å². The molecular formula is C19H27N3O8S. The number of esters is 1. The minimum absolute atomic E-state index is 0.205. The SMILES string of the molecule is COC(=O)C(NS(=O)(=O)c1ccc([N+](=O)[O-])cc1)C1CCN(OC(=O)C(C)(C)C)CC1. The Kier molecular flexibility index (Phi) is 7.73. The minimum atomic E-state index is -4.13. The molecule has 1 saturated heterocycles. The predicted octanol–water partition coefficient (Wildman–Crippen LogP) is 1.63. The maximum Gasteiger partial charge on any atom is 0.330 e. The molecular weight excluding hydrogens is 430 g/mol. The first kappa shape index (κ1) is 24.7. The monoisotopic (exact) mass is 457 g/mol. The van der Waals surface area contributed by atoms with Crippen molar-refractivity contribution in [2.24, 2.45) is 11.3 Å². The summed E-state index contributed by atoms with van der Waals surface area (Å²) in [4.78, 5) is 39.6. The van der Waals surface area contributed by atoms with Crippen molar-refractivity contribution in [2.75, 3.05) is 20.2 Å². The summed E-state index contributed by atoms with van der Waals surface area (Å²) >= 11 is 0. The quantitative estimate of drug-likeness (QED) is 0.367. The number of nitro benzene ring substituents is 1. The fraction of sp³-hybridized carbons (Fsp3) is 0.579. The van der Waals surface area contributed by atoms with Gasteiger partial charge in [-0.2, -0.15) is 4.72 Å². The van der Waals surface area contributed by atoms with Crippen molar-refractivity contribution < 1.29 is 32.5 Å². The molecule has 0 aromatic heterocycles. The first-order valence-electron chi connectivity index (χ1n) is 9.67. The van der Waals surface area contributed by atoms with E-state index in [-0.39, 0.29) is 22.5 Å². The molecule has 1 fully saturated rings. The summed E-state index contributed by atoms with van der Waals surface area (Å²) in [5, 5.41) is 12.3. The van der Waals surface area contributed by atoms with Gasteiger partial charge in [0.15, 0.2) is 0 Å². The zero-order valence-electron chi connectivity index (χ0n) is 17.9. The topological polar surface area (TPSA) is 145 Å². The molecule has 172 valence electrons. The number of hydrogen-bond donors (Lipinski definition) is 1. The Morgan fingerprint density at radius 1 is 1.19 bits per heavy atom. The van der Waals surface area contributed by atoms with Crippen molar-refractivity contribution in [1.29, 1.82) is 0 Å². The van der Waals surface area contributed by atoms with Crippen molar-refractivity contribution in [3.63, 3.8) is 0 Å². The second-order valence-electron chi connectivity index (χ2n) is 8.27. The predicted molar refractivity (Wildman–Crippen MR) is 109 cm³/mol. The van der Waals surface area contributed by atoms with Crippen LogP contribution in [0.4, 0.5) is 5.69 Å². The van der Waals surface area contributed by atoms with Crippen LogP contribution in [0.5, 0.6) is 0 Å². The number of carbonyl (C=O) groups is 2. The van der Waals surface area contributed by atoms with Gasteiger partial charge in [0.25, 0.3) is 5.69 Å². The average molecular weight is 458 g/mol. The minimum Gasteiger partial charge on any atom is -0.468 e. The molecule has 31 heavy (non-hydrogen) atoms. The number of carbonyl (C=O) groups excluding carboxylic acids is 2. The highest BCUT2D eigenvalue weighted by atomic mass is 32.2. The van der Waals surface area contributed by atoms with E-state index in [4.69, 9.17) is 9.57 Å². The number of nitrogens with zero attached hydrogens (tertiary/aromatic N) is 2. The van der Waals surface area contributed by atoms with Gasteiger partial charge in [0.1, 0.15) is 6.04 Å². The largest absolute Gasteiger partial charge is 0.468 e. The molecule has 1 aromatic rings. The number of hydroxylamine groups is 2. The Morgan fingerprint density at radius 2 is 1.74 bits per heavy atom. The Bertz CT molecular complexity index is 916. The third kappa shape index (κ3) is 6.45. The number of non-ortho nitro benzene ring substituents is 1. The fourth-order valence-electron chi connectivity index (χ4n) is 3.00. The van der Waals surface area contributed by atoms with Crippen LogP contribution in [-0.4, -0.2) is 56.6 Å². The van der Waals surface area contributed by atoms with Gasteiger partial charge in [-0.15, -0.1) is 5.06 Å². The van der Waals surface area contributed by atoms with Crippen LogP contribution in [0.1, 0.15) is 33.6 Å². The number of piperidine rings is 1. The third-order valence-corrected chi connectivity index (χ3v) is 6.35. The Hall–Kier alpha value is -2.57. The van der Waals surface area contributed by atoms with Crippen molar-refractivity contribution in [2.45, 2.75) is 44.6 Å². The molecule has 0 bridgehead atoms. The lowest BCUT2D eigenvalue weighted by atomic mass is 9.90. The number of benzene rings is 1. The summed E-state index contributed by atoms with van der Waals surface area (Å²) in [7, 11) is -2.97. The molecule has 1 unspecified atom stereocenters. The van der Waals surface area contributed by atoms with E-state index in [0.717, 1.165) is 31.4 Å². The van der Waals surface area contributed by atoms with Crippen LogP contribution in [0, 0.1) is 21.4 Å². The average Bonchev–Trinajstić information content (AvgIpc) is 2.71.